The van der Waals surface area contributed by atoms with Crippen molar-refractivity contribution in [2.75, 3.05) is 5.73 Å². The van der Waals surface area contributed by atoms with Crippen LogP contribution in [-0.2, 0) is 0 Å². The lowest BCUT2D eigenvalue weighted by atomic mass is 9.91. The molecular formula is C14H20N4. The lowest BCUT2D eigenvalue weighted by Gasteiger charge is -2.28. The Bertz CT molecular complexity index is 564. The number of nitrogens with two attached hydrogens (primary N) is 2. The molecule has 1 aliphatic carbocycles. The zero-order chi connectivity index (χ0) is 12.7. The van der Waals surface area contributed by atoms with Gasteiger partial charge in [0.1, 0.15) is 5.82 Å². The van der Waals surface area contributed by atoms with Crippen LogP contribution < -0.4 is 11.5 Å². The topological polar surface area (TPSA) is 69.9 Å². The highest BCUT2D eigenvalue weighted by molar-refractivity contribution is 5.79. The molecule has 0 bridgehead atoms. The summed E-state index contributed by atoms with van der Waals surface area (Å²) in [6, 6.07) is 6.91. The number of benzene rings is 1. The van der Waals surface area contributed by atoms with Crippen LogP contribution in [0.15, 0.2) is 18.2 Å². The number of anilines is 1. The predicted octanol–water partition coefficient (Wildman–Crippen LogP) is 2.37. The van der Waals surface area contributed by atoms with E-state index in [1.165, 1.54) is 5.52 Å². The van der Waals surface area contributed by atoms with Gasteiger partial charge in [0.25, 0.3) is 0 Å². The summed E-state index contributed by atoms with van der Waals surface area (Å²) < 4.78 is 2.36. The Hall–Kier alpha value is -1.55. The molecule has 3 rings (SSSR count). The number of aromatic nitrogens is 2. The minimum absolute atomic E-state index is 0.381. The van der Waals surface area contributed by atoms with E-state index in [9.17, 15) is 0 Å². The smallest absolute Gasteiger partial charge is 0.106 e. The molecule has 1 aliphatic rings. The number of nitrogen functional groups attached to an aromatic ring is 1. The zero-order valence-corrected chi connectivity index (χ0v) is 10.8. The van der Waals surface area contributed by atoms with Crippen LogP contribution in [-0.4, -0.2) is 15.6 Å². The van der Waals surface area contributed by atoms with Crippen molar-refractivity contribution >= 4 is 16.7 Å². The van der Waals surface area contributed by atoms with E-state index >= 15 is 0 Å². The van der Waals surface area contributed by atoms with Gasteiger partial charge in [-0.2, -0.15) is 0 Å². The highest BCUT2D eigenvalue weighted by Gasteiger charge is 2.22. The molecule has 18 heavy (non-hydrogen) atoms. The normalized spacial score (nSPS) is 24.6. The van der Waals surface area contributed by atoms with E-state index in [1.54, 1.807) is 0 Å². The third-order valence-electron chi connectivity index (χ3n) is 4.00. The number of rotatable bonds is 1. The van der Waals surface area contributed by atoms with Gasteiger partial charge in [-0.05, 0) is 50.8 Å². The van der Waals surface area contributed by atoms with Gasteiger partial charge in [0.15, 0.2) is 0 Å². The van der Waals surface area contributed by atoms with E-state index in [0.717, 1.165) is 42.7 Å². The standard InChI is InChI=1S/C14H20N4/c1-9-17-13-8-11(16)4-7-14(13)18(9)12-5-2-10(15)3-6-12/h4,7-8,10,12H,2-3,5-6,15-16H2,1H3/t10-,12+. The van der Waals surface area contributed by atoms with Gasteiger partial charge >= 0.3 is 0 Å². The summed E-state index contributed by atoms with van der Waals surface area (Å²) in [7, 11) is 0. The SMILES string of the molecule is Cc1nc2cc(N)ccc2n1[C@H]1CC[C@@H](N)CC1. The fraction of sp³-hybridized carbons (Fsp3) is 0.500. The molecule has 4 nitrogen and oxygen atoms in total. The van der Waals surface area contributed by atoms with Gasteiger partial charge in [-0.3, -0.25) is 0 Å². The molecule has 1 aromatic carbocycles. The molecular weight excluding hydrogens is 224 g/mol. The molecule has 4 heteroatoms. The molecule has 1 heterocycles. The van der Waals surface area contributed by atoms with Crippen LogP contribution in [0.5, 0.6) is 0 Å². The van der Waals surface area contributed by atoms with E-state index in [0.29, 0.717) is 12.1 Å². The molecule has 0 amide bonds. The average Bonchev–Trinajstić information content (AvgIpc) is 2.65. The number of fused-ring (bicyclic) bond motifs is 1. The highest BCUT2D eigenvalue weighted by atomic mass is 15.1. The van der Waals surface area contributed by atoms with Crippen LogP contribution >= 0.6 is 0 Å². The minimum Gasteiger partial charge on any atom is -0.399 e. The maximum atomic E-state index is 5.98. The summed E-state index contributed by atoms with van der Waals surface area (Å²) in [4.78, 5) is 4.62. The van der Waals surface area contributed by atoms with Crippen molar-refractivity contribution in [3.8, 4) is 0 Å². The largest absolute Gasteiger partial charge is 0.399 e. The molecule has 1 aromatic heterocycles. The zero-order valence-electron chi connectivity index (χ0n) is 10.8. The van der Waals surface area contributed by atoms with E-state index in [1.807, 2.05) is 12.1 Å². The summed E-state index contributed by atoms with van der Waals surface area (Å²) in [6.45, 7) is 2.07. The first-order chi connectivity index (χ1) is 8.65. The Morgan fingerprint density at radius 3 is 2.67 bits per heavy atom. The Morgan fingerprint density at radius 1 is 1.22 bits per heavy atom. The second kappa shape index (κ2) is 4.28. The van der Waals surface area contributed by atoms with Crippen molar-refractivity contribution in [2.24, 2.45) is 5.73 Å². The average molecular weight is 244 g/mol. The summed E-state index contributed by atoms with van der Waals surface area (Å²) in [6.07, 6.45) is 4.52. The van der Waals surface area contributed by atoms with Gasteiger partial charge in [-0.25, -0.2) is 4.98 Å². The Balaban J connectivity index is 2.03. The number of aryl methyl sites for hydroxylation is 1. The fourth-order valence-corrected chi connectivity index (χ4v) is 3.06. The highest BCUT2D eigenvalue weighted by Crippen LogP contribution is 2.32. The van der Waals surface area contributed by atoms with Crippen molar-refractivity contribution in [2.45, 2.75) is 44.7 Å². The molecule has 0 atom stereocenters. The first-order valence-corrected chi connectivity index (χ1v) is 6.65. The van der Waals surface area contributed by atoms with Crippen molar-refractivity contribution in [1.29, 1.82) is 0 Å². The summed E-state index contributed by atoms with van der Waals surface area (Å²) >= 11 is 0. The molecule has 0 radical (unpaired) electrons. The van der Waals surface area contributed by atoms with E-state index in [2.05, 4.69) is 22.5 Å². The number of imidazole rings is 1. The van der Waals surface area contributed by atoms with Crippen LogP contribution in [0.25, 0.3) is 11.0 Å². The van der Waals surface area contributed by atoms with Crippen LogP contribution in [0.2, 0.25) is 0 Å². The van der Waals surface area contributed by atoms with Crippen molar-refractivity contribution in [1.82, 2.24) is 9.55 Å². The monoisotopic (exact) mass is 244 g/mol. The number of nitrogens with zero attached hydrogens (tertiary/aromatic N) is 2. The second-order valence-corrected chi connectivity index (χ2v) is 5.35. The molecule has 2 aromatic rings. The minimum atomic E-state index is 0.381. The third-order valence-corrected chi connectivity index (χ3v) is 4.00. The molecule has 0 aliphatic heterocycles. The maximum absolute atomic E-state index is 5.98. The number of hydrogen-bond donors (Lipinski definition) is 2. The second-order valence-electron chi connectivity index (χ2n) is 5.35. The van der Waals surface area contributed by atoms with Crippen LogP contribution in [0.1, 0.15) is 37.5 Å². The van der Waals surface area contributed by atoms with Crippen molar-refractivity contribution < 1.29 is 0 Å². The number of hydrogen-bond acceptors (Lipinski definition) is 3. The maximum Gasteiger partial charge on any atom is 0.106 e. The molecule has 1 saturated carbocycles. The van der Waals surface area contributed by atoms with E-state index in [4.69, 9.17) is 11.5 Å². The van der Waals surface area contributed by atoms with Gasteiger partial charge in [0.05, 0.1) is 11.0 Å². The van der Waals surface area contributed by atoms with Gasteiger partial charge in [0, 0.05) is 17.8 Å². The Morgan fingerprint density at radius 2 is 1.94 bits per heavy atom. The Kier molecular flexibility index (Phi) is 2.74. The Labute approximate surface area is 107 Å². The lowest BCUT2D eigenvalue weighted by Crippen LogP contribution is -2.28. The molecule has 0 spiro atoms. The first kappa shape index (κ1) is 11.5. The third kappa shape index (κ3) is 1.86. The molecule has 0 saturated heterocycles. The van der Waals surface area contributed by atoms with Gasteiger partial charge in [-0.1, -0.05) is 0 Å². The quantitative estimate of drug-likeness (QED) is 0.757. The van der Waals surface area contributed by atoms with E-state index in [-0.39, 0.29) is 0 Å². The predicted molar refractivity (Wildman–Crippen MR) is 74.4 cm³/mol. The molecule has 1 fully saturated rings. The fourth-order valence-electron chi connectivity index (χ4n) is 3.06. The van der Waals surface area contributed by atoms with Crippen molar-refractivity contribution in [3.63, 3.8) is 0 Å². The van der Waals surface area contributed by atoms with Crippen LogP contribution in [0.4, 0.5) is 5.69 Å². The first-order valence-electron chi connectivity index (χ1n) is 6.65. The summed E-state index contributed by atoms with van der Waals surface area (Å²) in [5.41, 5.74) is 14.8. The van der Waals surface area contributed by atoms with Crippen molar-refractivity contribution in [3.05, 3.63) is 24.0 Å². The van der Waals surface area contributed by atoms with Gasteiger partial charge in [0.2, 0.25) is 0 Å². The van der Waals surface area contributed by atoms with Crippen LogP contribution in [0.3, 0.4) is 0 Å². The lowest BCUT2D eigenvalue weighted by molar-refractivity contribution is 0.325. The summed E-state index contributed by atoms with van der Waals surface area (Å²) in [5, 5.41) is 0. The van der Waals surface area contributed by atoms with E-state index < -0.39 is 0 Å². The molecule has 4 N–H and O–H groups in total. The van der Waals surface area contributed by atoms with Gasteiger partial charge < -0.3 is 16.0 Å². The summed E-state index contributed by atoms with van der Waals surface area (Å²) in [5.74, 6) is 1.08. The van der Waals surface area contributed by atoms with Gasteiger partial charge in [-0.15, -0.1) is 0 Å². The van der Waals surface area contributed by atoms with Crippen LogP contribution in [0, 0.1) is 6.92 Å². The molecule has 0 unspecified atom stereocenters. The molecule has 96 valence electrons.